The van der Waals surface area contributed by atoms with Gasteiger partial charge in [0.2, 0.25) is 0 Å². The van der Waals surface area contributed by atoms with Gasteiger partial charge in [0.1, 0.15) is 0 Å². The third kappa shape index (κ3) is 2.75. The van der Waals surface area contributed by atoms with Gasteiger partial charge in [0.25, 0.3) is 0 Å². The van der Waals surface area contributed by atoms with E-state index in [0.29, 0.717) is 0 Å². The maximum atomic E-state index is 7.00. The quantitative estimate of drug-likeness (QED) is 0.552. The molecule has 2 N–H and O–H groups in total. The number of rotatable bonds is 2. The first-order chi connectivity index (χ1) is 10.3. The highest BCUT2D eigenvalue weighted by Gasteiger charge is 2.08. The third-order valence-corrected chi connectivity index (χ3v) is 3.42. The second-order valence-corrected chi connectivity index (χ2v) is 4.44. The molecule has 0 aliphatic carbocycles. The highest BCUT2D eigenvalue weighted by atomic mass is 16.4. The van der Waals surface area contributed by atoms with Crippen LogP contribution >= 0.6 is 0 Å². The monoisotopic (exact) mass is 275 g/mol. The van der Waals surface area contributed by atoms with Gasteiger partial charge in [-0.15, -0.1) is 0 Å². The number of fused-ring (bicyclic) bond motifs is 2. The SMILES string of the molecule is C=Cc1c2ccccc2c(C=C)c2ccccc12.O[B]O. The minimum Gasteiger partial charge on any atom is -0.429 e. The number of hydrogen-bond acceptors (Lipinski definition) is 2. The van der Waals surface area contributed by atoms with Crippen molar-refractivity contribution in [1.82, 2.24) is 0 Å². The van der Waals surface area contributed by atoms with Crippen molar-refractivity contribution in [1.29, 1.82) is 0 Å². The summed E-state index contributed by atoms with van der Waals surface area (Å²) < 4.78 is 0. The van der Waals surface area contributed by atoms with E-state index in [1.165, 1.54) is 32.7 Å². The van der Waals surface area contributed by atoms with Crippen molar-refractivity contribution in [3.05, 3.63) is 72.8 Å². The predicted octanol–water partition coefficient (Wildman–Crippen LogP) is 3.78. The molecule has 0 heterocycles. The Morgan fingerprint density at radius 1 is 0.667 bits per heavy atom. The first kappa shape index (κ1) is 15.0. The van der Waals surface area contributed by atoms with Gasteiger partial charge in [0, 0.05) is 0 Å². The van der Waals surface area contributed by atoms with E-state index >= 15 is 0 Å². The summed E-state index contributed by atoms with van der Waals surface area (Å²) in [7, 11) is 0. The molecule has 2 nitrogen and oxygen atoms in total. The van der Waals surface area contributed by atoms with Gasteiger partial charge in [0.15, 0.2) is 0 Å². The molecule has 0 aromatic heterocycles. The zero-order valence-electron chi connectivity index (χ0n) is 11.7. The first-order valence-corrected chi connectivity index (χ1v) is 6.56. The van der Waals surface area contributed by atoms with Gasteiger partial charge in [-0.1, -0.05) is 73.8 Å². The molecule has 0 fully saturated rings. The Labute approximate surface area is 125 Å². The predicted molar refractivity (Wildman–Crippen MR) is 91.8 cm³/mol. The lowest BCUT2D eigenvalue weighted by atomic mass is 9.92. The zero-order chi connectivity index (χ0) is 15.2. The highest BCUT2D eigenvalue weighted by Crippen LogP contribution is 2.33. The van der Waals surface area contributed by atoms with Crippen LogP contribution in [-0.4, -0.2) is 17.7 Å². The van der Waals surface area contributed by atoms with Gasteiger partial charge >= 0.3 is 7.69 Å². The molecule has 3 heteroatoms. The summed E-state index contributed by atoms with van der Waals surface area (Å²) in [5, 5.41) is 18.9. The minimum atomic E-state index is 0. The maximum Gasteiger partial charge on any atom is 0.482 e. The summed E-state index contributed by atoms with van der Waals surface area (Å²) >= 11 is 0. The zero-order valence-corrected chi connectivity index (χ0v) is 11.7. The first-order valence-electron chi connectivity index (χ1n) is 6.56. The van der Waals surface area contributed by atoms with Crippen LogP contribution in [0, 0.1) is 0 Å². The van der Waals surface area contributed by atoms with Crippen LogP contribution in [0.15, 0.2) is 61.7 Å². The molecule has 0 amide bonds. The maximum absolute atomic E-state index is 7.00. The van der Waals surface area contributed by atoms with Gasteiger partial charge in [-0.05, 0) is 32.7 Å². The fourth-order valence-electron chi connectivity index (χ4n) is 2.64. The fraction of sp³-hybridized carbons (Fsp3) is 0. The van der Waals surface area contributed by atoms with E-state index in [2.05, 4.69) is 61.7 Å². The second-order valence-electron chi connectivity index (χ2n) is 4.44. The lowest BCUT2D eigenvalue weighted by molar-refractivity contribution is 0.448. The average Bonchev–Trinajstić information content (AvgIpc) is 2.53. The molecule has 0 unspecified atom stereocenters. The van der Waals surface area contributed by atoms with Gasteiger partial charge in [0.05, 0.1) is 0 Å². The van der Waals surface area contributed by atoms with Crippen molar-refractivity contribution < 1.29 is 10.0 Å². The molecule has 3 aromatic carbocycles. The summed E-state index contributed by atoms with van der Waals surface area (Å²) in [6, 6.07) is 16.8. The third-order valence-electron chi connectivity index (χ3n) is 3.42. The van der Waals surface area contributed by atoms with Crippen LogP contribution in [0.25, 0.3) is 33.7 Å². The van der Waals surface area contributed by atoms with E-state index in [-0.39, 0.29) is 7.69 Å². The van der Waals surface area contributed by atoms with Crippen molar-refractivity contribution in [2.45, 2.75) is 0 Å². The van der Waals surface area contributed by atoms with Gasteiger partial charge in [-0.3, -0.25) is 0 Å². The topological polar surface area (TPSA) is 40.5 Å². The van der Waals surface area contributed by atoms with E-state index < -0.39 is 0 Å². The number of benzene rings is 3. The molecule has 103 valence electrons. The molecule has 0 bridgehead atoms. The Morgan fingerprint density at radius 3 is 1.10 bits per heavy atom. The average molecular weight is 275 g/mol. The molecule has 1 radical (unpaired) electrons. The highest BCUT2D eigenvalue weighted by molar-refractivity contribution is 6.13. The van der Waals surface area contributed by atoms with Gasteiger partial charge in [-0.2, -0.15) is 0 Å². The number of hydrogen-bond donors (Lipinski definition) is 2. The van der Waals surface area contributed by atoms with E-state index in [0.717, 1.165) is 0 Å². The van der Waals surface area contributed by atoms with Crippen LogP contribution in [0.3, 0.4) is 0 Å². The van der Waals surface area contributed by atoms with Crippen molar-refractivity contribution in [2.75, 3.05) is 0 Å². The Balaban J connectivity index is 0.000000497. The Morgan fingerprint density at radius 2 is 0.905 bits per heavy atom. The summed E-state index contributed by atoms with van der Waals surface area (Å²) in [5.41, 5.74) is 2.40. The molecule has 0 aliphatic rings. The Hall–Kier alpha value is -2.36. The molecular formula is C18H16BO2. The van der Waals surface area contributed by atoms with E-state index in [1.807, 2.05) is 12.2 Å². The fourth-order valence-corrected chi connectivity index (χ4v) is 2.64. The molecular weight excluding hydrogens is 259 g/mol. The molecule has 0 saturated heterocycles. The largest absolute Gasteiger partial charge is 0.482 e. The normalized spacial score (nSPS) is 9.81. The molecule has 3 rings (SSSR count). The molecule has 0 saturated carbocycles. The van der Waals surface area contributed by atoms with Crippen LogP contribution in [0.1, 0.15) is 11.1 Å². The molecule has 21 heavy (non-hydrogen) atoms. The Kier molecular flexibility index (Phi) is 4.93. The van der Waals surface area contributed by atoms with E-state index in [4.69, 9.17) is 10.0 Å². The van der Waals surface area contributed by atoms with Crippen LogP contribution in [0.4, 0.5) is 0 Å². The summed E-state index contributed by atoms with van der Waals surface area (Å²) in [4.78, 5) is 0. The Bertz CT molecular complexity index is 671. The van der Waals surface area contributed by atoms with Crippen LogP contribution < -0.4 is 0 Å². The van der Waals surface area contributed by atoms with Crippen molar-refractivity contribution in [2.24, 2.45) is 0 Å². The summed E-state index contributed by atoms with van der Waals surface area (Å²) in [6.45, 7) is 7.92. The summed E-state index contributed by atoms with van der Waals surface area (Å²) in [5.74, 6) is 0. The molecule has 0 atom stereocenters. The molecule has 3 aromatic rings. The van der Waals surface area contributed by atoms with Crippen LogP contribution in [0.2, 0.25) is 0 Å². The standard InChI is InChI=1S/C18H14.BH2O2/c1-3-13-15-9-5-7-11-17(15)14(4-2)18-12-8-6-10-16(13)18;2-1-3/h3-12H,1-2H2;2-3H. The van der Waals surface area contributed by atoms with E-state index in [9.17, 15) is 0 Å². The lowest BCUT2D eigenvalue weighted by Crippen LogP contribution is -1.87. The molecule has 0 spiro atoms. The minimum absolute atomic E-state index is 0. The van der Waals surface area contributed by atoms with Crippen molar-refractivity contribution in [3.63, 3.8) is 0 Å². The van der Waals surface area contributed by atoms with Crippen LogP contribution in [0.5, 0.6) is 0 Å². The van der Waals surface area contributed by atoms with Gasteiger partial charge < -0.3 is 10.0 Å². The molecule has 0 aliphatic heterocycles. The van der Waals surface area contributed by atoms with Gasteiger partial charge in [-0.25, -0.2) is 0 Å². The second kappa shape index (κ2) is 6.89. The van der Waals surface area contributed by atoms with Crippen molar-refractivity contribution >= 4 is 41.4 Å². The van der Waals surface area contributed by atoms with Crippen molar-refractivity contribution in [3.8, 4) is 0 Å². The smallest absolute Gasteiger partial charge is 0.429 e. The van der Waals surface area contributed by atoms with E-state index in [1.54, 1.807) is 0 Å². The van der Waals surface area contributed by atoms with Crippen LogP contribution in [-0.2, 0) is 0 Å². The lowest BCUT2D eigenvalue weighted by Gasteiger charge is -2.12. The summed E-state index contributed by atoms with van der Waals surface area (Å²) in [6.07, 6.45) is 3.88.